The number of halogens is 1. The molecule has 0 aliphatic heterocycles. The van der Waals surface area contributed by atoms with Gasteiger partial charge in [0.1, 0.15) is 0 Å². The molecule has 3 aromatic carbocycles. The number of benzene rings is 3. The minimum Gasteiger partial charge on any atom is -0.378 e. The monoisotopic (exact) mass is 548 g/mol. The van der Waals surface area contributed by atoms with Crippen molar-refractivity contribution in [1.29, 1.82) is 0 Å². The normalized spacial score (nSPS) is 12.0. The molecule has 0 aliphatic rings. The molecule has 7 nitrogen and oxygen atoms in total. The van der Waals surface area contributed by atoms with Gasteiger partial charge < -0.3 is 5.32 Å². The van der Waals surface area contributed by atoms with Crippen molar-refractivity contribution < 1.29 is 4.79 Å². The number of aryl methyl sites for hydroxylation is 1. The van der Waals surface area contributed by atoms with E-state index in [1.165, 1.54) is 17.3 Å². The summed E-state index contributed by atoms with van der Waals surface area (Å²) in [6.07, 6.45) is 1.61. The average Bonchev–Trinajstić information content (AvgIpc) is 3.26. The zero-order valence-electron chi connectivity index (χ0n) is 19.4. The predicted octanol–water partition coefficient (Wildman–Crippen LogP) is 5.58. The maximum absolute atomic E-state index is 12.7. The molecule has 4 rings (SSSR count). The molecular weight excluding hydrogens is 524 g/mol. The standard InChI is InChI=1S/C26H25BrN6OS/c1-18-11-13-22(14-12-18)28-17-24-30-32-26(33(24)23-9-4-3-5-10-23)35-19(2)25(34)31-29-16-20-7-6-8-21(27)15-20/h3-16,19,28H,17H2,1-2H3,(H,31,34)/b29-16+. The van der Waals surface area contributed by atoms with E-state index in [1.807, 2.05) is 78.2 Å². The quantitative estimate of drug-likeness (QED) is 0.162. The number of carbonyl (C=O) groups is 1. The van der Waals surface area contributed by atoms with E-state index < -0.39 is 5.25 Å². The zero-order valence-corrected chi connectivity index (χ0v) is 21.8. The van der Waals surface area contributed by atoms with Crippen molar-refractivity contribution in [2.45, 2.75) is 30.8 Å². The molecule has 1 aromatic heterocycles. The van der Waals surface area contributed by atoms with E-state index in [9.17, 15) is 4.79 Å². The van der Waals surface area contributed by atoms with Gasteiger partial charge >= 0.3 is 0 Å². The lowest BCUT2D eigenvalue weighted by Gasteiger charge is -2.13. The van der Waals surface area contributed by atoms with Gasteiger partial charge in [0.2, 0.25) is 0 Å². The molecule has 0 saturated carbocycles. The molecule has 0 spiro atoms. The van der Waals surface area contributed by atoms with Crippen LogP contribution in [0.2, 0.25) is 0 Å². The Morgan fingerprint density at radius 3 is 2.60 bits per heavy atom. The molecule has 4 aromatic rings. The van der Waals surface area contributed by atoms with E-state index in [0.717, 1.165) is 27.2 Å². The molecule has 178 valence electrons. The fraction of sp³-hybridized carbons (Fsp3) is 0.154. The number of nitrogens with zero attached hydrogens (tertiary/aromatic N) is 4. The second-order valence-electron chi connectivity index (χ2n) is 7.84. The minimum atomic E-state index is -0.431. The number of thioether (sulfide) groups is 1. The Hall–Kier alpha value is -3.43. The molecule has 1 atom stereocenters. The van der Waals surface area contributed by atoms with Crippen molar-refractivity contribution in [3.05, 3.63) is 100 Å². The first-order chi connectivity index (χ1) is 17.0. The first kappa shape index (κ1) is 24.7. The number of hydrazone groups is 1. The van der Waals surface area contributed by atoms with Crippen LogP contribution in [0.5, 0.6) is 0 Å². The average molecular weight is 549 g/mol. The topological polar surface area (TPSA) is 84.2 Å². The van der Waals surface area contributed by atoms with Crippen LogP contribution in [-0.2, 0) is 11.3 Å². The fourth-order valence-electron chi connectivity index (χ4n) is 3.24. The summed E-state index contributed by atoms with van der Waals surface area (Å²) in [4.78, 5) is 12.7. The summed E-state index contributed by atoms with van der Waals surface area (Å²) in [5.41, 5.74) is 6.63. The molecule has 0 saturated heterocycles. The van der Waals surface area contributed by atoms with Crippen LogP contribution in [0, 0.1) is 6.92 Å². The lowest BCUT2D eigenvalue weighted by molar-refractivity contribution is -0.120. The van der Waals surface area contributed by atoms with Gasteiger partial charge in [0.25, 0.3) is 5.91 Å². The van der Waals surface area contributed by atoms with E-state index in [4.69, 9.17) is 0 Å². The summed E-state index contributed by atoms with van der Waals surface area (Å²) in [6, 6.07) is 25.8. The summed E-state index contributed by atoms with van der Waals surface area (Å²) in [5, 5.41) is 16.5. The smallest absolute Gasteiger partial charge is 0.253 e. The lowest BCUT2D eigenvalue weighted by Crippen LogP contribution is -2.27. The largest absolute Gasteiger partial charge is 0.378 e. The van der Waals surface area contributed by atoms with Gasteiger partial charge in [-0.1, -0.05) is 75.7 Å². The zero-order chi connectivity index (χ0) is 24.6. The first-order valence-electron chi connectivity index (χ1n) is 11.0. The summed E-state index contributed by atoms with van der Waals surface area (Å²) >= 11 is 4.76. The van der Waals surface area contributed by atoms with Crippen LogP contribution in [0.25, 0.3) is 5.69 Å². The molecule has 0 radical (unpaired) electrons. The molecule has 35 heavy (non-hydrogen) atoms. The highest BCUT2D eigenvalue weighted by atomic mass is 79.9. The SMILES string of the molecule is Cc1ccc(NCc2nnc(SC(C)C(=O)N/N=C/c3cccc(Br)c3)n2-c2ccccc2)cc1. The van der Waals surface area contributed by atoms with Gasteiger partial charge in [-0.25, -0.2) is 5.43 Å². The van der Waals surface area contributed by atoms with Gasteiger partial charge in [0.15, 0.2) is 11.0 Å². The number of nitrogens with one attached hydrogen (secondary N) is 2. The molecule has 0 bridgehead atoms. The van der Waals surface area contributed by atoms with Crippen molar-refractivity contribution in [2.24, 2.45) is 5.10 Å². The number of carbonyl (C=O) groups excluding carboxylic acids is 1. The van der Waals surface area contributed by atoms with Gasteiger partial charge in [-0.15, -0.1) is 10.2 Å². The van der Waals surface area contributed by atoms with Crippen LogP contribution >= 0.6 is 27.7 Å². The highest BCUT2D eigenvalue weighted by Crippen LogP contribution is 2.26. The Balaban J connectivity index is 1.47. The molecule has 1 heterocycles. The van der Waals surface area contributed by atoms with Gasteiger partial charge in [0, 0.05) is 15.8 Å². The molecule has 1 unspecified atom stereocenters. The molecule has 0 fully saturated rings. The van der Waals surface area contributed by atoms with Crippen LogP contribution in [-0.4, -0.2) is 32.1 Å². The van der Waals surface area contributed by atoms with Crippen molar-refractivity contribution in [3.63, 3.8) is 0 Å². The molecule has 0 aliphatic carbocycles. The number of aromatic nitrogens is 3. The van der Waals surface area contributed by atoms with Crippen LogP contribution in [0.1, 0.15) is 23.9 Å². The highest BCUT2D eigenvalue weighted by molar-refractivity contribution is 9.10. The summed E-state index contributed by atoms with van der Waals surface area (Å²) in [6.45, 7) is 4.37. The highest BCUT2D eigenvalue weighted by Gasteiger charge is 2.21. The van der Waals surface area contributed by atoms with E-state index in [1.54, 1.807) is 6.21 Å². The number of amides is 1. The number of rotatable bonds is 9. The lowest BCUT2D eigenvalue weighted by atomic mass is 10.2. The van der Waals surface area contributed by atoms with Gasteiger partial charge in [-0.2, -0.15) is 5.10 Å². The second-order valence-corrected chi connectivity index (χ2v) is 10.1. The first-order valence-corrected chi connectivity index (χ1v) is 12.7. The van der Waals surface area contributed by atoms with Crippen LogP contribution < -0.4 is 10.7 Å². The van der Waals surface area contributed by atoms with Crippen LogP contribution in [0.15, 0.2) is 93.6 Å². The van der Waals surface area contributed by atoms with Crippen molar-refractivity contribution in [3.8, 4) is 5.69 Å². The second kappa shape index (κ2) is 11.8. The summed E-state index contributed by atoms with van der Waals surface area (Å²) in [7, 11) is 0. The third kappa shape index (κ3) is 6.80. The van der Waals surface area contributed by atoms with E-state index >= 15 is 0 Å². The number of hydrogen-bond donors (Lipinski definition) is 2. The number of para-hydroxylation sites is 1. The maximum Gasteiger partial charge on any atom is 0.253 e. The predicted molar refractivity (Wildman–Crippen MR) is 145 cm³/mol. The molecule has 9 heteroatoms. The molecule has 2 N–H and O–H groups in total. The van der Waals surface area contributed by atoms with E-state index in [2.05, 4.69) is 61.0 Å². The Kier molecular flexibility index (Phi) is 8.33. The Morgan fingerprint density at radius 1 is 1.09 bits per heavy atom. The fourth-order valence-corrected chi connectivity index (χ4v) is 4.54. The van der Waals surface area contributed by atoms with E-state index in [0.29, 0.717) is 11.7 Å². The third-order valence-electron chi connectivity index (χ3n) is 5.11. The Labute approximate surface area is 217 Å². The Morgan fingerprint density at radius 2 is 1.86 bits per heavy atom. The van der Waals surface area contributed by atoms with Gasteiger partial charge in [-0.3, -0.25) is 9.36 Å². The van der Waals surface area contributed by atoms with Crippen LogP contribution in [0.3, 0.4) is 0 Å². The van der Waals surface area contributed by atoms with E-state index in [-0.39, 0.29) is 5.91 Å². The number of anilines is 1. The van der Waals surface area contributed by atoms with Gasteiger partial charge in [-0.05, 0) is 55.8 Å². The van der Waals surface area contributed by atoms with Crippen molar-refractivity contribution >= 4 is 45.5 Å². The third-order valence-corrected chi connectivity index (χ3v) is 6.64. The van der Waals surface area contributed by atoms with Crippen molar-refractivity contribution in [2.75, 3.05) is 5.32 Å². The number of hydrogen-bond acceptors (Lipinski definition) is 6. The van der Waals surface area contributed by atoms with Crippen LogP contribution in [0.4, 0.5) is 5.69 Å². The van der Waals surface area contributed by atoms with Gasteiger partial charge in [0.05, 0.1) is 18.0 Å². The summed E-state index contributed by atoms with van der Waals surface area (Å²) in [5.74, 6) is 0.530. The maximum atomic E-state index is 12.7. The molecular formula is C26H25BrN6OS. The minimum absolute atomic E-state index is 0.219. The Bertz CT molecular complexity index is 1310. The summed E-state index contributed by atoms with van der Waals surface area (Å²) < 4.78 is 2.92. The van der Waals surface area contributed by atoms with Crippen molar-refractivity contribution in [1.82, 2.24) is 20.2 Å². The molecule has 1 amide bonds.